The van der Waals surface area contributed by atoms with Gasteiger partial charge in [-0.15, -0.1) is 3.89 Å². The molecule has 0 aromatic heterocycles. The molecule has 2 rings (SSSR count). The molecule has 0 spiro atoms. The highest BCUT2D eigenvalue weighted by Crippen LogP contribution is 2.22. The maximum Gasteiger partial charge on any atom is 0.307 e. The average molecular weight is 272 g/mol. The van der Waals surface area contributed by atoms with Crippen LogP contribution in [0.5, 0.6) is 0 Å². The molecule has 5 nitrogen and oxygen atoms in total. The average Bonchev–Trinajstić information content (AvgIpc) is 2.60. The summed E-state index contributed by atoms with van der Waals surface area (Å²) in [6, 6.07) is 6.93. The number of rotatable bonds is 3. The second-order valence-electron chi connectivity index (χ2n) is 4.32. The Morgan fingerprint density at radius 1 is 1.44 bits per heavy atom. The van der Waals surface area contributed by atoms with E-state index in [1.807, 2.05) is 0 Å². The standard InChI is InChI=1S/C11H13FN2O3S/c12-18(16,17)10-5-11(15)14(7-10)6-8-2-1-3-9(13)4-8/h1-4,10H,5-7,13H2. The van der Waals surface area contributed by atoms with Crippen LogP contribution in [0.2, 0.25) is 0 Å². The van der Waals surface area contributed by atoms with E-state index in [4.69, 9.17) is 5.73 Å². The number of amides is 1. The number of benzene rings is 1. The van der Waals surface area contributed by atoms with Crippen LogP contribution >= 0.6 is 0 Å². The molecule has 1 saturated heterocycles. The Labute approximate surface area is 105 Å². The first kappa shape index (κ1) is 12.8. The van der Waals surface area contributed by atoms with Crippen molar-refractivity contribution in [3.8, 4) is 0 Å². The van der Waals surface area contributed by atoms with Crippen LogP contribution in [0.4, 0.5) is 9.57 Å². The van der Waals surface area contributed by atoms with Crippen molar-refractivity contribution in [2.45, 2.75) is 18.2 Å². The summed E-state index contributed by atoms with van der Waals surface area (Å²) in [6.45, 7) is 0.141. The summed E-state index contributed by atoms with van der Waals surface area (Å²) in [7, 11) is -4.66. The zero-order chi connectivity index (χ0) is 13.3. The Hall–Kier alpha value is -1.63. The molecule has 1 aliphatic heterocycles. The maximum absolute atomic E-state index is 12.8. The van der Waals surface area contributed by atoms with Crippen molar-refractivity contribution in [2.75, 3.05) is 12.3 Å². The summed E-state index contributed by atoms with van der Waals surface area (Å²) in [6.07, 6.45) is -0.291. The summed E-state index contributed by atoms with van der Waals surface area (Å²) in [5.74, 6) is -0.358. The molecule has 98 valence electrons. The fourth-order valence-electron chi connectivity index (χ4n) is 1.99. The zero-order valence-electron chi connectivity index (χ0n) is 9.54. The number of anilines is 1. The van der Waals surface area contributed by atoms with Gasteiger partial charge in [-0.2, -0.15) is 8.42 Å². The predicted octanol–water partition coefficient (Wildman–Crippen LogP) is 0.669. The Balaban J connectivity index is 2.10. The highest BCUT2D eigenvalue weighted by molar-refractivity contribution is 7.87. The molecular formula is C11H13FN2O3S. The third-order valence-electron chi connectivity index (χ3n) is 2.90. The highest BCUT2D eigenvalue weighted by Gasteiger charge is 2.38. The summed E-state index contributed by atoms with van der Waals surface area (Å²) in [4.78, 5) is 12.9. The number of nitrogens with two attached hydrogens (primary N) is 1. The number of nitrogens with zero attached hydrogens (tertiary/aromatic N) is 1. The van der Waals surface area contributed by atoms with Crippen molar-refractivity contribution in [1.82, 2.24) is 4.90 Å². The number of carbonyl (C=O) groups excluding carboxylic acids is 1. The van der Waals surface area contributed by atoms with Crippen molar-refractivity contribution >= 4 is 21.8 Å². The molecule has 1 heterocycles. The fraction of sp³-hybridized carbons (Fsp3) is 0.364. The van der Waals surface area contributed by atoms with Crippen molar-refractivity contribution in [2.24, 2.45) is 0 Å². The number of hydrogen-bond acceptors (Lipinski definition) is 4. The van der Waals surface area contributed by atoms with E-state index >= 15 is 0 Å². The van der Waals surface area contributed by atoms with Crippen LogP contribution in [0.25, 0.3) is 0 Å². The normalized spacial score (nSPS) is 20.4. The van der Waals surface area contributed by atoms with Crippen LogP contribution in [0.15, 0.2) is 24.3 Å². The third kappa shape index (κ3) is 2.79. The second kappa shape index (κ2) is 4.56. The topological polar surface area (TPSA) is 80.5 Å². The molecule has 1 atom stereocenters. The molecule has 1 unspecified atom stereocenters. The van der Waals surface area contributed by atoms with Gasteiger partial charge in [-0.25, -0.2) is 0 Å². The Morgan fingerprint density at radius 2 is 2.17 bits per heavy atom. The highest BCUT2D eigenvalue weighted by atomic mass is 32.3. The van der Waals surface area contributed by atoms with E-state index in [2.05, 4.69) is 0 Å². The summed E-state index contributed by atoms with van der Waals surface area (Å²) >= 11 is 0. The Morgan fingerprint density at radius 3 is 2.72 bits per heavy atom. The minimum atomic E-state index is -4.66. The van der Waals surface area contributed by atoms with Crippen molar-refractivity contribution in [3.05, 3.63) is 29.8 Å². The minimum absolute atomic E-state index is 0.105. The summed E-state index contributed by atoms with van der Waals surface area (Å²) < 4.78 is 34.3. The molecule has 1 fully saturated rings. The Kier molecular flexibility index (Phi) is 3.25. The van der Waals surface area contributed by atoms with Crippen LogP contribution in [-0.4, -0.2) is 31.0 Å². The minimum Gasteiger partial charge on any atom is -0.399 e. The number of nitrogen functional groups attached to an aromatic ring is 1. The van der Waals surface area contributed by atoms with E-state index < -0.39 is 15.5 Å². The van der Waals surface area contributed by atoms with E-state index in [1.54, 1.807) is 24.3 Å². The Bertz CT molecular complexity index is 573. The molecular weight excluding hydrogens is 259 g/mol. The van der Waals surface area contributed by atoms with Crippen LogP contribution < -0.4 is 5.73 Å². The van der Waals surface area contributed by atoms with Gasteiger partial charge < -0.3 is 10.6 Å². The zero-order valence-corrected chi connectivity index (χ0v) is 10.4. The van der Waals surface area contributed by atoms with Gasteiger partial charge in [-0.05, 0) is 17.7 Å². The van der Waals surface area contributed by atoms with Crippen LogP contribution in [-0.2, 0) is 21.6 Å². The number of halogens is 1. The lowest BCUT2D eigenvalue weighted by Gasteiger charge is -2.16. The van der Waals surface area contributed by atoms with Crippen LogP contribution in [0.1, 0.15) is 12.0 Å². The van der Waals surface area contributed by atoms with Gasteiger partial charge in [0.2, 0.25) is 5.91 Å². The van der Waals surface area contributed by atoms with Crippen molar-refractivity contribution in [3.63, 3.8) is 0 Å². The fourth-order valence-corrected chi connectivity index (χ4v) is 2.69. The first-order valence-electron chi connectivity index (χ1n) is 5.42. The van der Waals surface area contributed by atoms with Gasteiger partial charge in [0, 0.05) is 25.2 Å². The first-order valence-corrected chi connectivity index (χ1v) is 6.86. The van der Waals surface area contributed by atoms with Gasteiger partial charge >= 0.3 is 10.2 Å². The van der Waals surface area contributed by atoms with E-state index in [1.165, 1.54) is 4.90 Å². The van der Waals surface area contributed by atoms with E-state index in [0.29, 0.717) is 5.69 Å². The quantitative estimate of drug-likeness (QED) is 0.647. The number of carbonyl (C=O) groups is 1. The maximum atomic E-state index is 12.8. The lowest BCUT2D eigenvalue weighted by atomic mass is 10.2. The SMILES string of the molecule is Nc1cccc(CN2CC(S(=O)(=O)F)CC2=O)c1. The number of likely N-dealkylation sites (tertiary alicyclic amines) is 1. The predicted molar refractivity (Wildman–Crippen MR) is 64.7 cm³/mol. The van der Waals surface area contributed by atoms with Gasteiger partial charge in [0.15, 0.2) is 0 Å². The molecule has 7 heteroatoms. The molecule has 18 heavy (non-hydrogen) atoms. The van der Waals surface area contributed by atoms with Gasteiger partial charge in [0.25, 0.3) is 0 Å². The van der Waals surface area contributed by atoms with Gasteiger partial charge in [0.1, 0.15) is 5.25 Å². The van der Waals surface area contributed by atoms with Crippen LogP contribution in [0, 0.1) is 0 Å². The van der Waals surface area contributed by atoms with Gasteiger partial charge in [-0.1, -0.05) is 12.1 Å². The van der Waals surface area contributed by atoms with Gasteiger partial charge in [0.05, 0.1) is 0 Å². The third-order valence-corrected chi connectivity index (χ3v) is 4.01. The number of hydrogen-bond donors (Lipinski definition) is 1. The summed E-state index contributed by atoms with van der Waals surface area (Å²) in [5, 5.41) is -1.24. The van der Waals surface area contributed by atoms with Crippen molar-refractivity contribution < 1.29 is 17.1 Å². The van der Waals surface area contributed by atoms with Gasteiger partial charge in [-0.3, -0.25) is 4.79 Å². The van der Waals surface area contributed by atoms with E-state index in [9.17, 15) is 17.1 Å². The molecule has 1 aliphatic rings. The monoisotopic (exact) mass is 272 g/mol. The second-order valence-corrected chi connectivity index (χ2v) is 5.94. The molecule has 0 saturated carbocycles. The molecule has 1 aromatic carbocycles. The lowest BCUT2D eigenvalue weighted by Crippen LogP contribution is -2.26. The summed E-state index contributed by atoms with van der Waals surface area (Å²) in [5.41, 5.74) is 6.96. The molecule has 0 aliphatic carbocycles. The lowest BCUT2D eigenvalue weighted by molar-refractivity contribution is -0.128. The molecule has 1 aromatic rings. The molecule has 1 amide bonds. The molecule has 0 bridgehead atoms. The van der Waals surface area contributed by atoms with Crippen molar-refractivity contribution in [1.29, 1.82) is 0 Å². The largest absolute Gasteiger partial charge is 0.399 e. The first-order chi connectivity index (χ1) is 8.36. The van der Waals surface area contributed by atoms with E-state index in [0.717, 1.165) is 5.56 Å². The smallest absolute Gasteiger partial charge is 0.307 e. The van der Waals surface area contributed by atoms with E-state index in [-0.39, 0.29) is 25.4 Å². The molecule has 2 N–H and O–H groups in total. The van der Waals surface area contributed by atoms with Crippen LogP contribution in [0.3, 0.4) is 0 Å². The molecule has 0 radical (unpaired) electrons.